The van der Waals surface area contributed by atoms with Crippen LogP contribution in [0.2, 0.25) is 0 Å². The van der Waals surface area contributed by atoms with Gasteiger partial charge in [0.2, 0.25) is 5.91 Å². The van der Waals surface area contributed by atoms with Crippen molar-refractivity contribution in [2.24, 2.45) is 0 Å². The van der Waals surface area contributed by atoms with E-state index in [-0.39, 0.29) is 5.91 Å². The number of benzene rings is 1. The molecule has 1 aromatic rings. The standard InChI is InChI=1S/C13H17NO/c1-11(2)13(15)14(3)10-9-12-7-5-4-6-8-12/h4-8H,1,9-10H2,2-3H3. The van der Waals surface area contributed by atoms with Crippen LogP contribution >= 0.6 is 0 Å². The molecule has 0 heterocycles. The van der Waals surface area contributed by atoms with Crippen molar-refractivity contribution in [1.29, 1.82) is 0 Å². The number of carbonyl (C=O) groups excluding carboxylic acids is 1. The number of nitrogens with zero attached hydrogens (tertiary/aromatic N) is 1. The van der Waals surface area contributed by atoms with Gasteiger partial charge in [-0.05, 0) is 18.9 Å². The molecule has 0 aromatic heterocycles. The summed E-state index contributed by atoms with van der Waals surface area (Å²) in [6, 6.07) is 10.1. The van der Waals surface area contributed by atoms with E-state index < -0.39 is 0 Å². The first-order chi connectivity index (χ1) is 7.11. The smallest absolute Gasteiger partial charge is 0.248 e. The van der Waals surface area contributed by atoms with Gasteiger partial charge in [0.1, 0.15) is 0 Å². The van der Waals surface area contributed by atoms with Crippen molar-refractivity contribution in [3.63, 3.8) is 0 Å². The topological polar surface area (TPSA) is 20.3 Å². The van der Waals surface area contributed by atoms with Crippen LogP contribution in [0.25, 0.3) is 0 Å². The summed E-state index contributed by atoms with van der Waals surface area (Å²) in [6.45, 7) is 6.11. The molecule has 15 heavy (non-hydrogen) atoms. The number of rotatable bonds is 4. The van der Waals surface area contributed by atoms with Gasteiger partial charge in [-0.3, -0.25) is 4.79 Å². The Balaban J connectivity index is 2.44. The highest BCUT2D eigenvalue weighted by atomic mass is 16.2. The van der Waals surface area contributed by atoms with Gasteiger partial charge in [-0.2, -0.15) is 0 Å². The second-order valence-corrected chi connectivity index (χ2v) is 3.74. The lowest BCUT2D eigenvalue weighted by Crippen LogP contribution is -2.29. The van der Waals surface area contributed by atoms with E-state index >= 15 is 0 Å². The molecule has 0 saturated carbocycles. The molecule has 2 heteroatoms. The SMILES string of the molecule is C=C(C)C(=O)N(C)CCc1ccccc1. The predicted molar refractivity (Wildman–Crippen MR) is 62.6 cm³/mol. The van der Waals surface area contributed by atoms with Crippen LogP contribution < -0.4 is 0 Å². The average Bonchev–Trinajstić information content (AvgIpc) is 2.26. The highest BCUT2D eigenvalue weighted by Crippen LogP contribution is 2.02. The lowest BCUT2D eigenvalue weighted by Gasteiger charge is -2.16. The van der Waals surface area contributed by atoms with E-state index in [1.165, 1.54) is 5.56 Å². The monoisotopic (exact) mass is 203 g/mol. The van der Waals surface area contributed by atoms with Gasteiger partial charge in [-0.15, -0.1) is 0 Å². The Bertz CT molecular complexity index is 343. The molecule has 2 nitrogen and oxygen atoms in total. The van der Waals surface area contributed by atoms with E-state index in [9.17, 15) is 4.79 Å². The molecule has 0 radical (unpaired) electrons. The van der Waals surface area contributed by atoms with Gasteiger partial charge >= 0.3 is 0 Å². The fourth-order valence-corrected chi connectivity index (χ4v) is 1.37. The highest BCUT2D eigenvalue weighted by molar-refractivity contribution is 5.91. The first-order valence-electron chi connectivity index (χ1n) is 5.06. The van der Waals surface area contributed by atoms with Crippen LogP contribution in [0.15, 0.2) is 42.5 Å². The van der Waals surface area contributed by atoms with Crippen molar-refractivity contribution in [3.05, 3.63) is 48.0 Å². The van der Waals surface area contributed by atoms with Crippen LogP contribution in [-0.4, -0.2) is 24.4 Å². The maximum absolute atomic E-state index is 11.5. The first kappa shape index (κ1) is 11.5. The first-order valence-corrected chi connectivity index (χ1v) is 5.06. The third-order valence-corrected chi connectivity index (χ3v) is 2.29. The van der Waals surface area contributed by atoms with Crippen LogP contribution in [0.5, 0.6) is 0 Å². The van der Waals surface area contributed by atoms with E-state index in [0.29, 0.717) is 5.57 Å². The van der Waals surface area contributed by atoms with E-state index in [0.717, 1.165) is 13.0 Å². The minimum absolute atomic E-state index is 0.0194. The van der Waals surface area contributed by atoms with Crippen LogP contribution in [0.4, 0.5) is 0 Å². The van der Waals surface area contributed by atoms with E-state index in [2.05, 4.69) is 18.7 Å². The molecule has 1 rings (SSSR count). The normalized spacial score (nSPS) is 9.73. The summed E-state index contributed by atoms with van der Waals surface area (Å²) in [5.41, 5.74) is 1.84. The molecule has 0 spiro atoms. The summed E-state index contributed by atoms with van der Waals surface area (Å²) in [6.07, 6.45) is 0.885. The maximum atomic E-state index is 11.5. The minimum atomic E-state index is 0.0194. The second-order valence-electron chi connectivity index (χ2n) is 3.74. The zero-order valence-electron chi connectivity index (χ0n) is 9.36. The maximum Gasteiger partial charge on any atom is 0.248 e. The van der Waals surface area contributed by atoms with Crippen molar-refractivity contribution < 1.29 is 4.79 Å². The summed E-state index contributed by atoms with van der Waals surface area (Å²) in [4.78, 5) is 13.2. The molecule has 0 saturated heterocycles. The Morgan fingerprint density at radius 2 is 1.93 bits per heavy atom. The van der Waals surface area contributed by atoms with Gasteiger partial charge in [-0.1, -0.05) is 36.9 Å². The minimum Gasteiger partial charge on any atom is -0.342 e. The van der Waals surface area contributed by atoms with E-state index in [1.807, 2.05) is 18.2 Å². The van der Waals surface area contributed by atoms with Crippen LogP contribution in [0.3, 0.4) is 0 Å². The van der Waals surface area contributed by atoms with Gasteiger partial charge in [0.05, 0.1) is 0 Å². The summed E-state index contributed by atoms with van der Waals surface area (Å²) in [5.74, 6) is 0.0194. The third kappa shape index (κ3) is 3.58. The van der Waals surface area contributed by atoms with E-state index in [1.54, 1.807) is 18.9 Å². The van der Waals surface area contributed by atoms with Gasteiger partial charge in [0.25, 0.3) is 0 Å². The van der Waals surface area contributed by atoms with Crippen LogP contribution in [0.1, 0.15) is 12.5 Å². The Labute approximate surface area is 91.2 Å². The fourth-order valence-electron chi connectivity index (χ4n) is 1.37. The van der Waals surface area contributed by atoms with Crippen molar-refractivity contribution >= 4 is 5.91 Å². The summed E-state index contributed by atoms with van der Waals surface area (Å²) >= 11 is 0. The van der Waals surface area contributed by atoms with Crippen molar-refractivity contribution in [1.82, 2.24) is 4.90 Å². The number of amides is 1. The molecule has 0 aliphatic carbocycles. The van der Waals surface area contributed by atoms with Crippen molar-refractivity contribution in [3.8, 4) is 0 Å². The van der Waals surface area contributed by atoms with Gasteiger partial charge < -0.3 is 4.90 Å². The fraction of sp³-hybridized carbons (Fsp3) is 0.308. The molecule has 0 bridgehead atoms. The zero-order valence-corrected chi connectivity index (χ0v) is 9.36. The molecule has 0 N–H and O–H groups in total. The third-order valence-electron chi connectivity index (χ3n) is 2.29. The molecule has 0 unspecified atom stereocenters. The Morgan fingerprint density at radius 3 is 2.47 bits per heavy atom. The van der Waals surface area contributed by atoms with Crippen molar-refractivity contribution in [2.75, 3.05) is 13.6 Å². The van der Waals surface area contributed by atoms with E-state index in [4.69, 9.17) is 0 Å². The van der Waals surface area contributed by atoms with Crippen molar-refractivity contribution in [2.45, 2.75) is 13.3 Å². The molecule has 80 valence electrons. The highest BCUT2D eigenvalue weighted by Gasteiger charge is 2.08. The Hall–Kier alpha value is -1.57. The lowest BCUT2D eigenvalue weighted by molar-refractivity contribution is -0.125. The number of likely N-dealkylation sites (N-methyl/N-ethyl adjacent to an activating group) is 1. The largest absolute Gasteiger partial charge is 0.342 e. The lowest BCUT2D eigenvalue weighted by atomic mass is 10.1. The summed E-state index contributed by atoms with van der Waals surface area (Å²) in [7, 11) is 1.81. The predicted octanol–water partition coefficient (Wildman–Crippen LogP) is 2.26. The number of carbonyl (C=O) groups is 1. The van der Waals surface area contributed by atoms with Gasteiger partial charge in [0, 0.05) is 19.2 Å². The van der Waals surface area contributed by atoms with Crippen LogP contribution in [0, 0.1) is 0 Å². The number of hydrogen-bond donors (Lipinski definition) is 0. The molecule has 0 aliphatic rings. The average molecular weight is 203 g/mol. The Morgan fingerprint density at radius 1 is 1.33 bits per heavy atom. The summed E-state index contributed by atoms with van der Waals surface area (Å²) < 4.78 is 0. The second kappa shape index (κ2) is 5.35. The number of hydrogen-bond acceptors (Lipinski definition) is 1. The Kier molecular flexibility index (Phi) is 4.10. The summed E-state index contributed by atoms with van der Waals surface area (Å²) in [5, 5.41) is 0. The molecule has 1 amide bonds. The van der Waals surface area contributed by atoms with Gasteiger partial charge in [-0.25, -0.2) is 0 Å². The molecule has 0 atom stereocenters. The molecular weight excluding hydrogens is 186 g/mol. The molecular formula is C13H17NO. The molecule has 0 fully saturated rings. The molecule has 1 aromatic carbocycles. The molecule has 0 aliphatic heterocycles. The quantitative estimate of drug-likeness (QED) is 0.687. The van der Waals surface area contributed by atoms with Gasteiger partial charge in [0.15, 0.2) is 0 Å². The zero-order chi connectivity index (χ0) is 11.3. The van der Waals surface area contributed by atoms with Crippen LogP contribution in [-0.2, 0) is 11.2 Å².